The molecule has 0 saturated carbocycles. The normalized spacial score (nSPS) is 39.4. The number of aliphatic hydroxyl groups is 1. The zero-order valence-electron chi connectivity index (χ0n) is 20.8. The van der Waals surface area contributed by atoms with Crippen LogP contribution in [0.2, 0.25) is 0 Å². The van der Waals surface area contributed by atoms with Gasteiger partial charge in [-0.15, -0.1) is 0 Å². The number of hydrogen-bond acceptors (Lipinski definition) is 6. The number of carbonyl (C=O) groups excluding carboxylic acids is 2. The van der Waals surface area contributed by atoms with Crippen LogP contribution in [-0.4, -0.2) is 40.6 Å². The number of rotatable bonds is 3. The molecule has 0 spiro atoms. The molecule has 1 saturated heterocycles. The minimum atomic E-state index is -1.78. The summed E-state index contributed by atoms with van der Waals surface area (Å²) in [5.74, 6) is -1.48. The molecule has 2 heterocycles. The van der Waals surface area contributed by atoms with Crippen LogP contribution in [0.5, 0.6) is 0 Å². The van der Waals surface area contributed by atoms with E-state index in [-0.39, 0.29) is 23.8 Å². The van der Waals surface area contributed by atoms with Gasteiger partial charge in [0.2, 0.25) is 5.79 Å². The summed E-state index contributed by atoms with van der Waals surface area (Å²) in [5.41, 5.74) is -0.477. The van der Waals surface area contributed by atoms with Gasteiger partial charge in [0.15, 0.2) is 6.10 Å². The molecule has 180 valence electrons. The highest BCUT2D eigenvalue weighted by molar-refractivity contribution is 5.75. The predicted octanol–water partition coefficient (Wildman–Crippen LogP) is 4.56. The zero-order chi connectivity index (χ0) is 24.1. The Morgan fingerprint density at radius 3 is 2.38 bits per heavy atom. The van der Waals surface area contributed by atoms with E-state index in [1.54, 1.807) is 32.9 Å². The van der Waals surface area contributed by atoms with Crippen molar-refractivity contribution in [3.05, 3.63) is 23.8 Å². The van der Waals surface area contributed by atoms with Gasteiger partial charge in [0, 0.05) is 6.92 Å². The van der Waals surface area contributed by atoms with Crippen molar-refractivity contribution in [2.75, 3.05) is 0 Å². The molecule has 1 N–H and O–H groups in total. The van der Waals surface area contributed by atoms with Gasteiger partial charge >= 0.3 is 11.9 Å². The molecule has 6 nitrogen and oxygen atoms in total. The molecule has 3 rings (SSSR count). The largest absolute Gasteiger partial charge is 0.459 e. The number of ether oxygens (including phenoxy) is 3. The summed E-state index contributed by atoms with van der Waals surface area (Å²) in [4.78, 5) is 24.8. The van der Waals surface area contributed by atoms with Gasteiger partial charge in [-0.1, -0.05) is 25.5 Å². The van der Waals surface area contributed by atoms with Crippen molar-refractivity contribution in [1.82, 2.24) is 0 Å². The molecule has 0 aromatic carbocycles. The maximum absolute atomic E-state index is 12.9. The van der Waals surface area contributed by atoms with Gasteiger partial charge in [-0.2, -0.15) is 0 Å². The van der Waals surface area contributed by atoms with E-state index in [0.717, 1.165) is 6.42 Å². The first-order valence-electron chi connectivity index (χ1n) is 11.8. The molecule has 1 aliphatic carbocycles. The summed E-state index contributed by atoms with van der Waals surface area (Å²) >= 11 is 0. The van der Waals surface area contributed by atoms with Crippen LogP contribution in [0.4, 0.5) is 0 Å². The Kier molecular flexibility index (Phi) is 6.71. The Balaban J connectivity index is 2.09. The average molecular weight is 449 g/mol. The molecule has 0 aromatic heterocycles. The second kappa shape index (κ2) is 8.60. The molecular formula is C26H40O6. The highest BCUT2D eigenvalue weighted by Crippen LogP contribution is 2.50. The van der Waals surface area contributed by atoms with Crippen molar-refractivity contribution in [1.29, 1.82) is 0 Å². The maximum atomic E-state index is 12.9. The van der Waals surface area contributed by atoms with Crippen LogP contribution in [0.3, 0.4) is 0 Å². The Morgan fingerprint density at radius 2 is 1.81 bits per heavy atom. The van der Waals surface area contributed by atoms with Gasteiger partial charge in [-0.3, -0.25) is 9.59 Å². The fraction of sp³-hybridized carbons (Fsp3) is 0.769. The summed E-state index contributed by atoms with van der Waals surface area (Å²) in [6, 6.07) is 0. The van der Waals surface area contributed by atoms with E-state index in [2.05, 4.69) is 26.8 Å². The SMILES string of the molecule is CC(=O)O[C@H]1C[C@H]2C(C)=CC[C@H](C(C)C)[C@H]2C[C@@H](OC(=O)C(C)(C)C)[C@@]2(O)C=C[C@]1(C)O2. The van der Waals surface area contributed by atoms with Crippen molar-refractivity contribution in [3.8, 4) is 0 Å². The summed E-state index contributed by atoms with van der Waals surface area (Å²) in [7, 11) is 0. The number of hydrogen-bond donors (Lipinski definition) is 1. The van der Waals surface area contributed by atoms with Crippen molar-refractivity contribution < 1.29 is 28.9 Å². The van der Waals surface area contributed by atoms with E-state index in [1.807, 2.05) is 6.92 Å². The van der Waals surface area contributed by atoms with Gasteiger partial charge in [0.1, 0.15) is 11.7 Å². The van der Waals surface area contributed by atoms with Gasteiger partial charge in [-0.05, 0) is 89.7 Å². The van der Waals surface area contributed by atoms with Crippen molar-refractivity contribution in [2.45, 2.75) is 98.2 Å². The Labute approximate surface area is 192 Å². The van der Waals surface area contributed by atoms with Crippen LogP contribution in [0.25, 0.3) is 0 Å². The van der Waals surface area contributed by atoms with Crippen LogP contribution in [0.15, 0.2) is 23.8 Å². The molecule has 0 radical (unpaired) electrons. The molecule has 0 amide bonds. The molecule has 6 heteroatoms. The lowest BCUT2D eigenvalue weighted by Crippen LogP contribution is -2.51. The quantitative estimate of drug-likeness (QED) is 0.504. The van der Waals surface area contributed by atoms with E-state index >= 15 is 0 Å². The molecule has 0 unspecified atom stereocenters. The summed E-state index contributed by atoms with van der Waals surface area (Å²) in [6.07, 6.45) is 6.19. The summed E-state index contributed by atoms with van der Waals surface area (Å²) < 4.78 is 17.9. The van der Waals surface area contributed by atoms with Crippen molar-refractivity contribution in [2.24, 2.45) is 29.1 Å². The second-order valence-electron chi connectivity index (χ2n) is 11.4. The standard InChI is InChI=1S/C26H40O6/c1-15(2)18-10-9-16(3)19-13-21(30-17(4)27)25(8)11-12-26(29,32-25)22(14-20(18)19)31-23(28)24(5,6)7/h9,11-12,15,18-22,29H,10,13-14H2,1-8H3/t18-,19+,20-,21+,22-,25+,26-/m1/s1. The van der Waals surface area contributed by atoms with Crippen molar-refractivity contribution in [3.63, 3.8) is 0 Å². The zero-order valence-corrected chi connectivity index (χ0v) is 20.8. The third-order valence-electron chi connectivity index (χ3n) is 7.48. The predicted molar refractivity (Wildman–Crippen MR) is 121 cm³/mol. The Morgan fingerprint density at radius 1 is 1.16 bits per heavy atom. The lowest BCUT2D eigenvalue weighted by atomic mass is 9.64. The first-order valence-corrected chi connectivity index (χ1v) is 11.8. The van der Waals surface area contributed by atoms with Gasteiger partial charge in [0.05, 0.1) is 5.41 Å². The molecule has 7 atom stereocenters. The lowest BCUT2D eigenvalue weighted by molar-refractivity contribution is -0.273. The number of esters is 2. The topological polar surface area (TPSA) is 82.1 Å². The fourth-order valence-corrected chi connectivity index (χ4v) is 5.49. The van der Waals surface area contributed by atoms with E-state index in [1.165, 1.54) is 12.5 Å². The lowest BCUT2D eigenvalue weighted by Gasteiger charge is -2.43. The number of allylic oxidation sites excluding steroid dienone is 2. The van der Waals surface area contributed by atoms with Crippen LogP contribution in [0.1, 0.15) is 74.7 Å². The molecule has 2 bridgehead atoms. The number of fused-ring (bicyclic) bond motifs is 3. The first kappa shape index (κ1) is 25.0. The van der Waals surface area contributed by atoms with Crippen molar-refractivity contribution >= 4 is 11.9 Å². The fourth-order valence-electron chi connectivity index (χ4n) is 5.49. The smallest absolute Gasteiger partial charge is 0.311 e. The highest BCUT2D eigenvalue weighted by Gasteiger charge is 2.56. The minimum Gasteiger partial charge on any atom is -0.459 e. The Bertz CT molecular complexity index is 806. The van der Waals surface area contributed by atoms with Gasteiger partial charge < -0.3 is 19.3 Å². The molecule has 3 aliphatic rings. The van der Waals surface area contributed by atoms with Gasteiger partial charge in [0.25, 0.3) is 0 Å². The summed E-state index contributed by atoms with van der Waals surface area (Å²) in [5, 5.41) is 11.6. The van der Waals surface area contributed by atoms with E-state index in [9.17, 15) is 14.7 Å². The van der Waals surface area contributed by atoms with Crippen LogP contribution < -0.4 is 0 Å². The average Bonchev–Trinajstić information content (AvgIpc) is 2.99. The van der Waals surface area contributed by atoms with Crippen LogP contribution in [-0.2, 0) is 23.8 Å². The molecule has 2 aliphatic heterocycles. The Hall–Kier alpha value is -1.66. The van der Waals surface area contributed by atoms with Gasteiger partial charge in [-0.25, -0.2) is 0 Å². The second-order valence-corrected chi connectivity index (χ2v) is 11.4. The van der Waals surface area contributed by atoms with E-state index in [0.29, 0.717) is 24.7 Å². The molecule has 1 fully saturated rings. The first-order chi connectivity index (χ1) is 14.7. The van der Waals surface area contributed by atoms with Crippen LogP contribution in [0, 0.1) is 29.1 Å². The molecule has 0 aromatic rings. The summed E-state index contributed by atoms with van der Waals surface area (Å²) in [6.45, 7) is 15.2. The monoisotopic (exact) mass is 448 g/mol. The van der Waals surface area contributed by atoms with Crippen LogP contribution >= 0.6 is 0 Å². The maximum Gasteiger partial charge on any atom is 0.311 e. The highest BCUT2D eigenvalue weighted by atomic mass is 16.7. The number of carbonyl (C=O) groups is 2. The molecular weight excluding hydrogens is 408 g/mol. The third-order valence-corrected chi connectivity index (χ3v) is 7.48. The third kappa shape index (κ3) is 4.81. The minimum absolute atomic E-state index is 0.133. The van der Waals surface area contributed by atoms with E-state index in [4.69, 9.17) is 14.2 Å². The molecule has 32 heavy (non-hydrogen) atoms. The van der Waals surface area contributed by atoms with E-state index < -0.39 is 29.0 Å².